The first kappa shape index (κ1) is 14.7. The maximum absolute atomic E-state index is 13.1. The first-order valence-corrected chi connectivity index (χ1v) is 8.17. The molecule has 1 aliphatic rings. The molecule has 4 rings (SSSR count). The third-order valence-electron chi connectivity index (χ3n) is 4.89. The number of hydrogen-bond donors (Lipinski definition) is 1. The lowest BCUT2D eigenvalue weighted by molar-refractivity contribution is -0.122. The molecular formula is C20H18N2O2. The molecule has 0 aliphatic heterocycles. The summed E-state index contributed by atoms with van der Waals surface area (Å²) in [5.41, 5.74) is 9.19. The van der Waals surface area contributed by atoms with Crippen molar-refractivity contribution in [3.05, 3.63) is 71.4 Å². The highest BCUT2D eigenvalue weighted by Gasteiger charge is 2.30. The molecule has 0 fully saturated rings. The van der Waals surface area contributed by atoms with Crippen molar-refractivity contribution in [1.82, 2.24) is 4.57 Å². The van der Waals surface area contributed by atoms with E-state index < -0.39 is 0 Å². The standard InChI is InChI=1S/C20H18N2O2/c21-19(23)14-10-11-18-16(12-14)15-8-4-5-9-17(15)22(18)20(24)13-6-2-1-3-7-13/h1-9,14H,10-12H2,(H2,21,23). The summed E-state index contributed by atoms with van der Waals surface area (Å²) in [6.07, 6.45) is 2.00. The second-order valence-corrected chi connectivity index (χ2v) is 6.29. The Bertz CT molecular complexity index is 941. The van der Waals surface area contributed by atoms with Gasteiger partial charge < -0.3 is 5.73 Å². The molecule has 0 radical (unpaired) electrons. The number of fused-ring (bicyclic) bond motifs is 3. The highest BCUT2D eigenvalue weighted by atomic mass is 16.2. The van der Waals surface area contributed by atoms with Crippen molar-refractivity contribution in [2.45, 2.75) is 19.3 Å². The Balaban J connectivity index is 1.91. The van der Waals surface area contributed by atoms with Crippen molar-refractivity contribution < 1.29 is 9.59 Å². The third-order valence-corrected chi connectivity index (χ3v) is 4.89. The number of carbonyl (C=O) groups is 2. The lowest BCUT2D eigenvalue weighted by Gasteiger charge is -2.21. The van der Waals surface area contributed by atoms with Crippen molar-refractivity contribution in [2.75, 3.05) is 0 Å². The van der Waals surface area contributed by atoms with E-state index in [-0.39, 0.29) is 17.7 Å². The van der Waals surface area contributed by atoms with E-state index in [1.807, 2.05) is 59.2 Å². The highest BCUT2D eigenvalue weighted by molar-refractivity contribution is 6.04. The van der Waals surface area contributed by atoms with Crippen LogP contribution in [0.25, 0.3) is 10.9 Å². The van der Waals surface area contributed by atoms with Gasteiger partial charge in [-0.2, -0.15) is 0 Å². The topological polar surface area (TPSA) is 65.1 Å². The normalized spacial score (nSPS) is 16.8. The van der Waals surface area contributed by atoms with Crippen LogP contribution in [0.1, 0.15) is 28.0 Å². The average molecular weight is 318 g/mol. The quantitative estimate of drug-likeness (QED) is 0.789. The molecule has 0 saturated carbocycles. The van der Waals surface area contributed by atoms with Gasteiger partial charge in [-0.25, -0.2) is 0 Å². The lowest BCUT2D eigenvalue weighted by Crippen LogP contribution is -2.29. The van der Waals surface area contributed by atoms with E-state index >= 15 is 0 Å². The molecule has 2 N–H and O–H groups in total. The molecule has 2 aromatic carbocycles. The van der Waals surface area contributed by atoms with Crippen LogP contribution in [0.4, 0.5) is 0 Å². The predicted molar refractivity (Wildman–Crippen MR) is 92.8 cm³/mol. The molecule has 4 heteroatoms. The second-order valence-electron chi connectivity index (χ2n) is 6.29. The zero-order valence-electron chi connectivity index (χ0n) is 13.2. The van der Waals surface area contributed by atoms with Gasteiger partial charge >= 0.3 is 0 Å². The van der Waals surface area contributed by atoms with Crippen LogP contribution >= 0.6 is 0 Å². The SMILES string of the molecule is NC(=O)C1CCc2c(c3ccccc3n2C(=O)c2ccccc2)C1. The van der Waals surface area contributed by atoms with Gasteiger partial charge in [-0.05, 0) is 43.0 Å². The number of benzene rings is 2. The summed E-state index contributed by atoms with van der Waals surface area (Å²) in [6.45, 7) is 0. The summed E-state index contributed by atoms with van der Waals surface area (Å²) in [5.74, 6) is -0.430. The number of nitrogens with zero attached hydrogens (tertiary/aromatic N) is 1. The van der Waals surface area contributed by atoms with E-state index in [0.717, 1.165) is 22.2 Å². The monoisotopic (exact) mass is 318 g/mol. The molecule has 0 bridgehead atoms. The van der Waals surface area contributed by atoms with Crippen molar-refractivity contribution in [2.24, 2.45) is 11.7 Å². The number of hydrogen-bond acceptors (Lipinski definition) is 2. The van der Waals surface area contributed by atoms with Crippen molar-refractivity contribution in [3.63, 3.8) is 0 Å². The maximum atomic E-state index is 13.1. The number of rotatable bonds is 2. The first-order chi connectivity index (χ1) is 11.7. The van der Waals surface area contributed by atoms with E-state index in [9.17, 15) is 9.59 Å². The van der Waals surface area contributed by atoms with E-state index in [1.165, 1.54) is 0 Å². The summed E-state index contributed by atoms with van der Waals surface area (Å²) in [6, 6.07) is 17.2. The molecule has 1 aliphatic carbocycles. The van der Waals surface area contributed by atoms with Crippen LogP contribution in [0.5, 0.6) is 0 Å². The fourth-order valence-corrected chi connectivity index (χ4v) is 3.69. The molecule has 1 heterocycles. The highest BCUT2D eigenvalue weighted by Crippen LogP contribution is 2.34. The number of primary amides is 1. The van der Waals surface area contributed by atoms with Gasteiger partial charge in [0.25, 0.3) is 5.91 Å². The summed E-state index contributed by atoms with van der Waals surface area (Å²) < 4.78 is 1.82. The van der Waals surface area contributed by atoms with Crippen molar-refractivity contribution in [3.8, 4) is 0 Å². The summed E-state index contributed by atoms with van der Waals surface area (Å²) in [7, 11) is 0. The van der Waals surface area contributed by atoms with Gasteiger partial charge in [0.05, 0.1) is 5.52 Å². The second kappa shape index (κ2) is 5.64. The Labute approximate surface area is 139 Å². The zero-order valence-corrected chi connectivity index (χ0v) is 13.2. The van der Waals surface area contributed by atoms with Crippen LogP contribution in [0.2, 0.25) is 0 Å². The minimum Gasteiger partial charge on any atom is -0.369 e. The van der Waals surface area contributed by atoms with E-state index in [1.54, 1.807) is 0 Å². The molecule has 1 atom stereocenters. The van der Waals surface area contributed by atoms with Crippen molar-refractivity contribution >= 4 is 22.7 Å². The molecule has 1 aromatic heterocycles. The molecule has 1 amide bonds. The molecule has 4 nitrogen and oxygen atoms in total. The fourth-order valence-electron chi connectivity index (χ4n) is 3.69. The van der Waals surface area contributed by atoms with E-state index in [0.29, 0.717) is 24.8 Å². The lowest BCUT2D eigenvalue weighted by atomic mass is 9.86. The molecule has 0 spiro atoms. The number of carbonyl (C=O) groups excluding carboxylic acids is 2. The molecule has 120 valence electrons. The summed E-state index contributed by atoms with van der Waals surface area (Å²) >= 11 is 0. The molecule has 24 heavy (non-hydrogen) atoms. The van der Waals surface area contributed by atoms with Crippen LogP contribution in [-0.4, -0.2) is 16.4 Å². The van der Waals surface area contributed by atoms with Crippen molar-refractivity contribution in [1.29, 1.82) is 0 Å². The van der Waals surface area contributed by atoms with E-state index in [4.69, 9.17) is 5.73 Å². The Morgan fingerprint density at radius 2 is 1.71 bits per heavy atom. The van der Waals surface area contributed by atoms with E-state index in [2.05, 4.69) is 0 Å². The van der Waals surface area contributed by atoms with Crippen LogP contribution < -0.4 is 5.73 Å². The number of aromatic nitrogens is 1. The van der Waals surface area contributed by atoms with Crippen LogP contribution in [0.15, 0.2) is 54.6 Å². The Kier molecular flexibility index (Phi) is 3.45. The molecule has 1 unspecified atom stereocenters. The van der Waals surface area contributed by atoms with Crippen LogP contribution in [0.3, 0.4) is 0 Å². The molecular weight excluding hydrogens is 300 g/mol. The zero-order chi connectivity index (χ0) is 16.7. The Morgan fingerprint density at radius 3 is 2.46 bits per heavy atom. The summed E-state index contributed by atoms with van der Waals surface area (Å²) in [5, 5.41) is 1.04. The third kappa shape index (κ3) is 2.22. The Hall–Kier alpha value is -2.88. The minimum atomic E-state index is -0.258. The van der Waals surface area contributed by atoms with Gasteiger partial charge in [0.15, 0.2) is 0 Å². The molecule has 3 aromatic rings. The minimum absolute atomic E-state index is 0.0226. The van der Waals surface area contributed by atoms with Crippen LogP contribution in [-0.2, 0) is 17.6 Å². The van der Waals surface area contributed by atoms with Gasteiger partial charge in [-0.3, -0.25) is 14.2 Å². The number of para-hydroxylation sites is 1. The largest absolute Gasteiger partial charge is 0.369 e. The van der Waals surface area contributed by atoms with Gasteiger partial charge in [0, 0.05) is 22.6 Å². The maximum Gasteiger partial charge on any atom is 0.262 e. The molecule has 0 saturated heterocycles. The number of amides is 1. The van der Waals surface area contributed by atoms with Crippen LogP contribution in [0, 0.1) is 5.92 Å². The van der Waals surface area contributed by atoms with Gasteiger partial charge in [0.2, 0.25) is 5.91 Å². The van der Waals surface area contributed by atoms with Gasteiger partial charge in [-0.1, -0.05) is 36.4 Å². The van der Waals surface area contributed by atoms with Gasteiger partial charge in [-0.15, -0.1) is 0 Å². The first-order valence-electron chi connectivity index (χ1n) is 8.17. The fraction of sp³-hybridized carbons (Fsp3) is 0.200. The summed E-state index contributed by atoms with van der Waals surface area (Å²) in [4.78, 5) is 24.7. The Morgan fingerprint density at radius 1 is 1.00 bits per heavy atom. The average Bonchev–Trinajstić information content (AvgIpc) is 2.95. The van der Waals surface area contributed by atoms with Gasteiger partial charge in [0.1, 0.15) is 0 Å². The smallest absolute Gasteiger partial charge is 0.262 e. The number of nitrogens with two attached hydrogens (primary N) is 1. The predicted octanol–water partition coefficient (Wildman–Crippen LogP) is 2.92.